The molecule has 2 unspecified atom stereocenters. The first-order valence-corrected chi connectivity index (χ1v) is 6.81. The third-order valence-electron chi connectivity index (χ3n) is 4.24. The van der Waals surface area contributed by atoms with Gasteiger partial charge in [0, 0.05) is 5.69 Å². The van der Waals surface area contributed by atoms with Crippen LogP contribution in [0.1, 0.15) is 19.7 Å². The minimum atomic E-state index is -0.917. The molecule has 0 spiro atoms. The van der Waals surface area contributed by atoms with Gasteiger partial charge in [0.1, 0.15) is 5.82 Å². The Bertz CT molecular complexity index is 748. The van der Waals surface area contributed by atoms with Crippen molar-refractivity contribution in [3.8, 4) is 0 Å². The van der Waals surface area contributed by atoms with Crippen LogP contribution in [0.5, 0.6) is 0 Å². The van der Waals surface area contributed by atoms with Crippen LogP contribution in [0, 0.1) is 24.2 Å². The number of carboxylic acid groups (broad SMARTS) is 1. The highest BCUT2D eigenvalue weighted by Crippen LogP contribution is 2.58. The maximum atomic E-state index is 12.2. The van der Waals surface area contributed by atoms with Gasteiger partial charge in [-0.25, -0.2) is 4.98 Å². The van der Waals surface area contributed by atoms with Crippen LogP contribution in [-0.2, 0) is 9.59 Å². The Kier molecular flexibility index (Phi) is 2.79. The molecular formula is C15H17N3O3. The number of benzene rings is 1. The first-order valence-electron chi connectivity index (χ1n) is 6.81. The van der Waals surface area contributed by atoms with Crippen LogP contribution < -0.4 is 5.32 Å². The van der Waals surface area contributed by atoms with Crippen LogP contribution in [0.3, 0.4) is 0 Å². The monoisotopic (exact) mass is 287 g/mol. The van der Waals surface area contributed by atoms with Crippen LogP contribution in [0.2, 0.25) is 0 Å². The topological polar surface area (TPSA) is 95.1 Å². The molecule has 1 amide bonds. The number of aromatic amines is 1. The van der Waals surface area contributed by atoms with Crippen LogP contribution in [0.15, 0.2) is 18.2 Å². The summed E-state index contributed by atoms with van der Waals surface area (Å²) in [5, 5.41) is 11.9. The van der Waals surface area contributed by atoms with E-state index in [9.17, 15) is 9.59 Å². The van der Waals surface area contributed by atoms with Crippen molar-refractivity contribution in [1.82, 2.24) is 9.97 Å². The number of amides is 1. The zero-order valence-corrected chi connectivity index (χ0v) is 12.1. The first kappa shape index (κ1) is 13.6. The average Bonchev–Trinajstić information content (AvgIpc) is 2.77. The lowest BCUT2D eigenvalue weighted by molar-refractivity contribution is -0.140. The van der Waals surface area contributed by atoms with Crippen molar-refractivity contribution in [2.45, 2.75) is 20.8 Å². The van der Waals surface area contributed by atoms with Crippen molar-refractivity contribution in [2.24, 2.45) is 17.3 Å². The molecule has 1 fully saturated rings. The zero-order chi connectivity index (χ0) is 15.4. The second kappa shape index (κ2) is 4.31. The van der Waals surface area contributed by atoms with E-state index < -0.39 is 23.2 Å². The lowest BCUT2D eigenvalue weighted by Gasteiger charge is -2.06. The summed E-state index contributed by atoms with van der Waals surface area (Å²) >= 11 is 0. The van der Waals surface area contributed by atoms with E-state index in [0.717, 1.165) is 16.9 Å². The standard InChI is InChI=1S/C15H17N3O3/c1-7-16-9-5-4-8(6-10(9)17-7)18-13(19)11-12(14(20)21)15(11,2)3/h4-6,11-12H,1-3H3,(H,16,17)(H,18,19)(H,20,21). The number of hydrogen-bond acceptors (Lipinski definition) is 3. The van der Waals surface area contributed by atoms with Crippen LogP contribution in [0.25, 0.3) is 11.0 Å². The van der Waals surface area contributed by atoms with Crippen LogP contribution >= 0.6 is 0 Å². The van der Waals surface area contributed by atoms with E-state index in [0.29, 0.717) is 5.69 Å². The number of nitrogens with zero attached hydrogens (tertiary/aromatic N) is 1. The summed E-state index contributed by atoms with van der Waals surface area (Å²) < 4.78 is 0. The highest BCUT2D eigenvalue weighted by Gasteiger charge is 2.65. The van der Waals surface area contributed by atoms with Gasteiger partial charge < -0.3 is 15.4 Å². The Morgan fingerprint density at radius 2 is 2.05 bits per heavy atom. The van der Waals surface area contributed by atoms with Crippen molar-refractivity contribution in [3.63, 3.8) is 0 Å². The zero-order valence-electron chi connectivity index (χ0n) is 12.1. The quantitative estimate of drug-likeness (QED) is 0.806. The molecule has 1 aliphatic rings. The first-order chi connectivity index (χ1) is 9.80. The molecule has 0 saturated heterocycles. The smallest absolute Gasteiger partial charge is 0.307 e. The van der Waals surface area contributed by atoms with Crippen molar-refractivity contribution in [2.75, 3.05) is 5.32 Å². The number of carbonyl (C=O) groups is 2. The molecule has 6 heteroatoms. The van der Waals surface area contributed by atoms with Gasteiger partial charge in [-0.3, -0.25) is 9.59 Å². The van der Waals surface area contributed by atoms with Gasteiger partial charge in [-0.05, 0) is 30.5 Å². The maximum Gasteiger partial charge on any atom is 0.307 e. The number of anilines is 1. The molecule has 21 heavy (non-hydrogen) atoms. The third kappa shape index (κ3) is 2.16. The van der Waals surface area contributed by atoms with E-state index in [1.54, 1.807) is 26.0 Å². The highest BCUT2D eigenvalue weighted by atomic mass is 16.4. The van der Waals surface area contributed by atoms with Crippen LogP contribution in [0.4, 0.5) is 5.69 Å². The number of fused-ring (bicyclic) bond motifs is 1. The molecule has 1 aromatic carbocycles. The third-order valence-corrected chi connectivity index (χ3v) is 4.24. The number of rotatable bonds is 3. The predicted molar refractivity (Wildman–Crippen MR) is 77.9 cm³/mol. The molecule has 0 aliphatic heterocycles. The Hall–Kier alpha value is -2.37. The van der Waals surface area contributed by atoms with Gasteiger partial charge in [0.25, 0.3) is 0 Å². The number of carbonyl (C=O) groups excluding carboxylic acids is 1. The fourth-order valence-electron chi connectivity index (χ4n) is 3.02. The molecule has 0 radical (unpaired) electrons. The summed E-state index contributed by atoms with van der Waals surface area (Å²) in [4.78, 5) is 30.8. The minimum absolute atomic E-state index is 0.247. The number of nitrogens with one attached hydrogen (secondary N) is 2. The Morgan fingerprint density at radius 3 is 2.67 bits per heavy atom. The molecule has 3 rings (SSSR count). The fraction of sp³-hybridized carbons (Fsp3) is 0.400. The highest BCUT2D eigenvalue weighted by molar-refractivity contribution is 6.00. The van der Waals surface area contributed by atoms with E-state index in [2.05, 4.69) is 15.3 Å². The number of imidazole rings is 1. The molecule has 6 nitrogen and oxygen atoms in total. The molecule has 1 heterocycles. The Labute approximate surface area is 121 Å². The molecule has 110 valence electrons. The molecular weight excluding hydrogens is 270 g/mol. The van der Waals surface area contributed by atoms with Crippen molar-refractivity contribution >= 4 is 28.6 Å². The summed E-state index contributed by atoms with van der Waals surface area (Å²) in [7, 11) is 0. The van der Waals surface area contributed by atoms with Crippen molar-refractivity contribution < 1.29 is 14.7 Å². The van der Waals surface area contributed by atoms with E-state index in [1.807, 2.05) is 13.0 Å². The summed E-state index contributed by atoms with van der Waals surface area (Å²) in [6.45, 7) is 5.47. The number of hydrogen-bond donors (Lipinski definition) is 3. The number of aliphatic carboxylic acids is 1. The molecule has 1 aliphatic carbocycles. The number of H-pyrrole nitrogens is 1. The molecule has 1 aromatic heterocycles. The molecule has 1 saturated carbocycles. The van der Waals surface area contributed by atoms with Gasteiger partial charge in [0.05, 0.1) is 22.9 Å². The summed E-state index contributed by atoms with van der Waals surface area (Å²) in [5.74, 6) is -1.46. The normalized spacial score (nSPS) is 23.0. The van der Waals surface area contributed by atoms with Crippen LogP contribution in [-0.4, -0.2) is 27.0 Å². The second-order valence-corrected chi connectivity index (χ2v) is 6.16. The second-order valence-electron chi connectivity index (χ2n) is 6.16. The van der Waals surface area contributed by atoms with E-state index in [-0.39, 0.29) is 5.91 Å². The average molecular weight is 287 g/mol. The van der Waals surface area contributed by atoms with E-state index in [1.165, 1.54) is 0 Å². The van der Waals surface area contributed by atoms with Gasteiger partial charge >= 0.3 is 5.97 Å². The lowest BCUT2D eigenvalue weighted by atomic mass is 10.1. The molecule has 2 atom stereocenters. The van der Waals surface area contributed by atoms with Gasteiger partial charge in [-0.15, -0.1) is 0 Å². The van der Waals surface area contributed by atoms with Crippen molar-refractivity contribution in [1.29, 1.82) is 0 Å². The van der Waals surface area contributed by atoms with E-state index in [4.69, 9.17) is 5.11 Å². The number of carboxylic acids is 1. The SMILES string of the molecule is Cc1nc2ccc(NC(=O)C3C(C(=O)O)C3(C)C)cc2[nH]1. The van der Waals surface area contributed by atoms with Gasteiger partial charge in [-0.2, -0.15) is 0 Å². The van der Waals surface area contributed by atoms with Gasteiger partial charge in [0.2, 0.25) is 5.91 Å². The predicted octanol–water partition coefficient (Wildman–Crippen LogP) is 2.17. The minimum Gasteiger partial charge on any atom is -0.481 e. The Balaban J connectivity index is 1.79. The van der Waals surface area contributed by atoms with Gasteiger partial charge in [0.15, 0.2) is 0 Å². The molecule has 3 N–H and O–H groups in total. The molecule has 0 bridgehead atoms. The number of aryl methyl sites for hydroxylation is 1. The van der Waals surface area contributed by atoms with E-state index >= 15 is 0 Å². The number of aromatic nitrogens is 2. The summed E-state index contributed by atoms with van der Waals surface area (Å²) in [6.07, 6.45) is 0. The Morgan fingerprint density at radius 1 is 1.33 bits per heavy atom. The van der Waals surface area contributed by atoms with Gasteiger partial charge in [-0.1, -0.05) is 13.8 Å². The maximum absolute atomic E-state index is 12.2. The largest absolute Gasteiger partial charge is 0.481 e. The lowest BCUT2D eigenvalue weighted by Crippen LogP contribution is -2.17. The molecule has 2 aromatic rings. The summed E-state index contributed by atoms with van der Waals surface area (Å²) in [5.41, 5.74) is 1.82. The van der Waals surface area contributed by atoms with Crippen molar-refractivity contribution in [3.05, 3.63) is 24.0 Å². The summed E-state index contributed by atoms with van der Waals surface area (Å²) in [6, 6.07) is 5.39. The fourth-order valence-corrected chi connectivity index (χ4v) is 3.02.